The zero-order chi connectivity index (χ0) is 16.1. The quantitative estimate of drug-likeness (QED) is 0.911. The van der Waals surface area contributed by atoms with E-state index >= 15 is 0 Å². The Morgan fingerprint density at radius 2 is 1.96 bits per heavy atom. The van der Waals surface area contributed by atoms with E-state index in [0.717, 1.165) is 17.7 Å². The number of ether oxygens (including phenoxy) is 2. The number of hydrogen-bond donors (Lipinski definition) is 1. The summed E-state index contributed by atoms with van der Waals surface area (Å²) >= 11 is 0. The first-order valence-electron chi connectivity index (χ1n) is 7.73. The predicted molar refractivity (Wildman–Crippen MR) is 90.8 cm³/mol. The summed E-state index contributed by atoms with van der Waals surface area (Å²) in [7, 11) is 0. The van der Waals surface area contributed by atoms with Crippen molar-refractivity contribution in [2.24, 2.45) is 0 Å². The Labute approximate surface area is 135 Å². The summed E-state index contributed by atoms with van der Waals surface area (Å²) in [5.41, 5.74) is 2.18. The molecule has 0 saturated heterocycles. The number of anilines is 1. The molecule has 1 aliphatic rings. The van der Waals surface area contributed by atoms with E-state index in [0.29, 0.717) is 23.6 Å². The van der Waals surface area contributed by atoms with E-state index in [-0.39, 0.29) is 12.5 Å². The average Bonchev–Trinajstić information content (AvgIpc) is 2.60. The van der Waals surface area contributed by atoms with Gasteiger partial charge in [0.2, 0.25) is 0 Å². The maximum Gasteiger partial charge on any atom is 0.255 e. The molecule has 0 fully saturated rings. The lowest BCUT2D eigenvalue weighted by molar-refractivity contribution is -0.113. The Morgan fingerprint density at radius 1 is 1.17 bits per heavy atom. The first-order valence-corrected chi connectivity index (χ1v) is 7.73. The maximum atomic E-state index is 12.5. The molecule has 4 nitrogen and oxygen atoms in total. The van der Waals surface area contributed by atoms with Crippen molar-refractivity contribution in [3.05, 3.63) is 59.7 Å². The summed E-state index contributed by atoms with van der Waals surface area (Å²) in [4.78, 5) is 12.5. The highest BCUT2D eigenvalue weighted by molar-refractivity contribution is 6.08. The number of benzene rings is 2. The van der Waals surface area contributed by atoms with E-state index < -0.39 is 0 Å². The van der Waals surface area contributed by atoms with Crippen LogP contribution in [0.15, 0.2) is 54.1 Å². The third kappa shape index (κ3) is 3.54. The summed E-state index contributed by atoms with van der Waals surface area (Å²) in [6.07, 6.45) is 2.78. The molecular formula is C19H19NO3. The molecule has 2 aromatic carbocycles. The molecule has 0 aromatic heterocycles. The van der Waals surface area contributed by atoms with Crippen LogP contribution in [0.1, 0.15) is 18.9 Å². The summed E-state index contributed by atoms with van der Waals surface area (Å²) in [5.74, 6) is 1.31. The van der Waals surface area contributed by atoms with Gasteiger partial charge in [-0.1, -0.05) is 37.3 Å². The number of hydrogen-bond acceptors (Lipinski definition) is 3. The van der Waals surface area contributed by atoms with E-state index in [1.54, 1.807) is 0 Å². The van der Waals surface area contributed by atoms with Gasteiger partial charge in [-0.3, -0.25) is 4.79 Å². The van der Waals surface area contributed by atoms with Gasteiger partial charge >= 0.3 is 0 Å². The van der Waals surface area contributed by atoms with Gasteiger partial charge in [0.1, 0.15) is 18.1 Å². The Bertz CT molecular complexity index is 737. The third-order valence-corrected chi connectivity index (χ3v) is 3.52. The monoisotopic (exact) mass is 309 g/mol. The second-order valence-corrected chi connectivity index (χ2v) is 5.29. The van der Waals surface area contributed by atoms with Crippen LogP contribution >= 0.6 is 0 Å². The largest absolute Gasteiger partial charge is 0.491 e. The van der Waals surface area contributed by atoms with Crippen molar-refractivity contribution in [2.45, 2.75) is 13.3 Å². The fraction of sp³-hybridized carbons (Fsp3) is 0.211. The first-order chi connectivity index (χ1) is 11.3. The van der Waals surface area contributed by atoms with Gasteiger partial charge in [-0.15, -0.1) is 0 Å². The lowest BCUT2D eigenvalue weighted by Crippen LogP contribution is -2.21. The van der Waals surface area contributed by atoms with Gasteiger partial charge in [0.05, 0.1) is 17.9 Å². The van der Waals surface area contributed by atoms with Crippen molar-refractivity contribution in [1.29, 1.82) is 0 Å². The molecule has 1 heterocycles. The zero-order valence-corrected chi connectivity index (χ0v) is 13.0. The van der Waals surface area contributed by atoms with Crippen molar-refractivity contribution in [1.82, 2.24) is 0 Å². The van der Waals surface area contributed by atoms with Gasteiger partial charge < -0.3 is 14.8 Å². The number of carbonyl (C=O) groups is 1. The number of fused-ring (bicyclic) bond motifs is 1. The van der Waals surface area contributed by atoms with Crippen LogP contribution < -0.4 is 14.8 Å². The summed E-state index contributed by atoms with van der Waals surface area (Å²) in [6, 6.07) is 15.1. The lowest BCUT2D eigenvalue weighted by atomic mass is 10.1. The Morgan fingerprint density at radius 3 is 2.83 bits per heavy atom. The first kappa shape index (κ1) is 15.2. The Hall–Kier alpha value is -2.75. The van der Waals surface area contributed by atoms with Crippen LogP contribution in [-0.2, 0) is 4.79 Å². The molecular weight excluding hydrogens is 290 g/mol. The van der Waals surface area contributed by atoms with Crippen LogP contribution in [0, 0.1) is 0 Å². The molecule has 3 rings (SSSR count). The minimum atomic E-state index is -0.174. The second kappa shape index (κ2) is 7.01. The van der Waals surface area contributed by atoms with E-state index in [9.17, 15) is 4.79 Å². The molecule has 1 aliphatic heterocycles. The highest BCUT2D eigenvalue weighted by atomic mass is 16.5. The third-order valence-electron chi connectivity index (χ3n) is 3.52. The minimum Gasteiger partial charge on any atom is -0.491 e. The van der Waals surface area contributed by atoms with Crippen LogP contribution in [0.2, 0.25) is 0 Å². The zero-order valence-electron chi connectivity index (χ0n) is 13.0. The van der Waals surface area contributed by atoms with E-state index in [2.05, 4.69) is 5.32 Å². The van der Waals surface area contributed by atoms with Crippen LogP contribution in [0.3, 0.4) is 0 Å². The molecule has 0 atom stereocenters. The standard InChI is InChI=1S/C19H19NO3/c1-2-11-22-18-10-6-4-8-16(18)20-19(21)15-12-14-7-3-5-9-17(14)23-13-15/h3-10,12H,2,11,13H2,1H3,(H,20,21). The summed E-state index contributed by atoms with van der Waals surface area (Å²) in [6.45, 7) is 2.93. The van der Waals surface area contributed by atoms with Crippen molar-refractivity contribution < 1.29 is 14.3 Å². The normalized spacial score (nSPS) is 12.7. The van der Waals surface area contributed by atoms with Crippen LogP contribution in [0.4, 0.5) is 5.69 Å². The fourth-order valence-electron chi connectivity index (χ4n) is 2.36. The average molecular weight is 309 g/mol. The molecule has 4 heteroatoms. The molecule has 2 aromatic rings. The molecule has 0 bridgehead atoms. The molecule has 0 spiro atoms. The number of nitrogens with one attached hydrogen (secondary N) is 1. The number of para-hydroxylation sites is 3. The fourth-order valence-corrected chi connectivity index (χ4v) is 2.36. The van der Waals surface area contributed by atoms with Crippen LogP contribution in [0.5, 0.6) is 11.5 Å². The van der Waals surface area contributed by atoms with E-state index in [1.165, 1.54) is 0 Å². The molecule has 23 heavy (non-hydrogen) atoms. The molecule has 118 valence electrons. The molecule has 0 saturated carbocycles. The van der Waals surface area contributed by atoms with E-state index in [4.69, 9.17) is 9.47 Å². The van der Waals surface area contributed by atoms with Gasteiger partial charge in [-0.25, -0.2) is 0 Å². The predicted octanol–water partition coefficient (Wildman–Crippen LogP) is 3.89. The lowest BCUT2D eigenvalue weighted by Gasteiger charge is -2.18. The van der Waals surface area contributed by atoms with Crippen molar-refractivity contribution in [2.75, 3.05) is 18.5 Å². The van der Waals surface area contributed by atoms with Gasteiger partial charge in [0.15, 0.2) is 0 Å². The van der Waals surface area contributed by atoms with Gasteiger partial charge in [0, 0.05) is 5.56 Å². The summed E-state index contributed by atoms with van der Waals surface area (Å²) in [5, 5.41) is 2.91. The van der Waals surface area contributed by atoms with Gasteiger partial charge in [-0.2, -0.15) is 0 Å². The van der Waals surface area contributed by atoms with Crippen LogP contribution in [0.25, 0.3) is 6.08 Å². The van der Waals surface area contributed by atoms with Gasteiger partial charge in [-0.05, 0) is 30.7 Å². The number of rotatable bonds is 5. The Kier molecular flexibility index (Phi) is 4.62. The molecule has 1 amide bonds. The number of carbonyl (C=O) groups excluding carboxylic acids is 1. The molecule has 0 radical (unpaired) electrons. The SMILES string of the molecule is CCCOc1ccccc1NC(=O)C1=Cc2ccccc2OC1. The molecule has 0 unspecified atom stereocenters. The van der Waals surface area contributed by atoms with E-state index in [1.807, 2.05) is 61.5 Å². The molecule has 0 aliphatic carbocycles. The smallest absolute Gasteiger partial charge is 0.255 e. The highest BCUT2D eigenvalue weighted by Gasteiger charge is 2.18. The highest BCUT2D eigenvalue weighted by Crippen LogP contribution is 2.28. The second-order valence-electron chi connectivity index (χ2n) is 5.29. The number of amides is 1. The van der Waals surface area contributed by atoms with Crippen molar-refractivity contribution in [3.8, 4) is 11.5 Å². The topological polar surface area (TPSA) is 47.6 Å². The Balaban J connectivity index is 1.77. The van der Waals surface area contributed by atoms with Gasteiger partial charge in [0.25, 0.3) is 5.91 Å². The molecule has 1 N–H and O–H groups in total. The van der Waals surface area contributed by atoms with Crippen molar-refractivity contribution in [3.63, 3.8) is 0 Å². The summed E-state index contributed by atoms with van der Waals surface area (Å²) < 4.78 is 11.3. The maximum absolute atomic E-state index is 12.5. The van der Waals surface area contributed by atoms with Crippen LogP contribution in [-0.4, -0.2) is 19.1 Å². The minimum absolute atomic E-state index is 0.174. The van der Waals surface area contributed by atoms with Crippen molar-refractivity contribution >= 4 is 17.7 Å².